The third-order valence-corrected chi connectivity index (χ3v) is 3.61. The first-order chi connectivity index (χ1) is 9.24. The molecule has 5 heteroatoms. The van der Waals surface area contributed by atoms with E-state index < -0.39 is 0 Å². The number of nitrogens with zero attached hydrogens (tertiary/aromatic N) is 1. The molecule has 1 aromatic rings. The molecule has 5 nitrogen and oxygen atoms in total. The Morgan fingerprint density at radius 1 is 1.32 bits per heavy atom. The van der Waals surface area contributed by atoms with Gasteiger partial charge < -0.3 is 15.0 Å². The summed E-state index contributed by atoms with van der Waals surface area (Å²) in [7, 11) is 0. The van der Waals surface area contributed by atoms with Gasteiger partial charge in [-0.1, -0.05) is 12.1 Å². The summed E-state index contributed by atoms with van der Waals surface area (Å²) in [6.45, 7) is 3.17. The molecule has 1 fully saturated rings. The first-order valence-electron chi connectivity index (χ1n) is 6.51. The highest BCUT2D eigenvalue weighted by Gasteiger charge is 2.21. The Kier molecular flexibility index (Phi) is 3.21. The Morgan fingerprint density at radius 3 is 3.05 bits per heavy atom. The van der Waals surface area contributed by atoms with E-state index in [0.717, 1.165) is 37.2 Å². The fourth-order valence-corrected chi connectivity index (χ4v) is 2.49. The van der Waals surface area contributed by atoms with Crippen LogP contribution in [0.2, 0.25) is 0 Å². The molecule has 0 radical (unpaired) electrons. The van der Waals surface area contributed by atoms with Crippen molar-refractivity contribution in [1.82, 2.24) is 10.2 Å². The average Bonchev–Trinajstić information content (AvgIpc) is 2.79. The van der Waals surface area contributed by atoms with Crippen LogP contribution in [0.3, 0.4) is 0 Å². The maximum Gasteiger partial charge on any atom is 0.338 e. The minimum Gasteiger partial charge on any atom is -0.457 e. The summed E-state index contributed by atoms with van der Waals surface area (Å²) in [4.78, 5) is 24.9. The van der Waals surface area contributed by atoms with E-state index in [1.165, 1.54) is 0 Å². The summed E-state index contributed by atoms with van der Waals surface area (Å²) in [5.41, 5.74) is 2.76. The number of rotatable bonds is 3. The highest BCUT2D eigenvalue weighted by atomic mass is 16.5. The van der Waals surface area contributed by atoms with E-state index in [1.807, 2.05) is 23.1 Å². The quantitative estimate of drug-likeness (QED) is 0.796. The standard InChI is InChI=1S/C14H16N2O3/c17-13-8-15-4-6-16(13)5-3-10-1-2-12-11(7-10)9-19-14(12)18/h1-2,7,15H,3-6,8-9H2. The number of ether oxygens (including phenoxy) is 1. The number of carbonyl (C=O) groups is 2. The van der Waals surface area contributed by atoms with Gasteiger partial charge in [0.25, 0.3) is 0 Å². The molecule has 2 aliphatic rings. The van der Waals surface area contributed by atoms with Crippen molar-refractivity contribution < 1.29 is 14.3 Å². The van der Waals surface area contributed by atoms with Crippen molar-refractivity contribution in [1.29, 1.82) is 0 Å². The largest absolute Gasteiger partial charge is 0.457 e. The van der Waals surface area contributed by atoms with Crippen LogP contribution in [0.25, 0.3) is 0 Å². The lowest BCUT2D eigenvalue weighted by molar-refractivity contribution is -0.131. The van der Waals surface area contributed by atoms with Crippen LogP contribution >= 0.6 is 0 Å². The van der Waals surface area contributed by atoms with E-state index in [0.29, 0.717) is 18.7 Å². The van der Waals surface area contributed by atoms with Crippen LogP contribution in [0.5, 0.6) is 0 Å². The number of hydrogen-bond donors (Lipinski definition) is 1. The zero-order valence-electron chi connectivity index (χ0n) is 10.6. The van der Waals surface area contributed by atoms with Crippen LogP contribution in [0, 0.1) is 0 Å². The van der Waals surface area contributed by atoms with Gasteiger partial charge in [-0.25, -0.2) is 4.79 Å². The number of amides is 1. The Hall–Kier alpha value is -1.88. The lowest BCUT2D eigenvalue weighted by Gasteiger charge is -2.27. The molecule has 0 saturated carbocycles. The topological polar surface area (TPSA) is 58.6 Å². The van der Waals surface area contributed by atoms with Crippen LogP contribution in [0.15, 0.2) is 18.2 Å². The molecular weight excluding hydrogens is 244 g/mol. The Balaban J connectivity index is 1.64. The molecule has 0 aromatic heterocycles. The maximum atomic E-state index is 11.6. The van der Waals surface area contributed by atoms with Crippen molar-refractivity contribution in [3.8, 4) is 0 Å². The maximum absolute atomic E-state index is 11.6. The van der Waals surface area contributed by atoms with Crippen LogP contribution in [0.1, 0.15) is 21.5 Å². The first-order valence-corrected chi connectivity index (χ1v) is 6.51. The molecule has 3 rings (SSSR count). The van der Waals surface area contributed by atoms with Crippen molar-refractivity contribution >= 4 is 11.9 Å². The minimum absolute atomic E-state index is 0.158. The lowest BCUT2D eigenvalue weighted by atomic mass is 10.0. The number of cyclic esters (lactones) is 1. The molecule has 1 amide bonds. The predicted octanol–water partition coefficient (Wildman–Crippen LogP) is 0.331. The summed E-state index contributed by atoms with van der Waals surface area (Å²) >= 11 is 0. The Bertz CT molecular complexity index is 527. The zero-order chi connectivity index (χ0) is 13.2. The van der Waals surface area contributed by atoms with E-state index in [2.05, 4.69) is 5.32 Å². The van der Waals surface area contributed by atoms with Gasteiger partial charge in [0.05, 0.1) is 12.1 Å². The number of piperazine rings is 1. The Morgan fingerprint density at radius 2 is 2.21 bits per heavy atom. The number of carbonyl (C=O) groups excluding carboxylic acids is 2. The van der Waals surface area contributed by atoms with E-state index in [-0.39, 0.29) is 11.9 Å². The minimum atomic E-state index is -0.237. The summed E-state index contributed by atoms with van der Waals surface area (Å²) in [6, 6.07) is 5.77. The van der Waals surface area contributed by atoms with Crippen molar-refractivity contribution in [2.75, 3.05) is 26.2 Å². The average molecular weight is 260 g/mol. The van der Waals surface area contributed by atoms with Gasteiger partial charge in [0.2, 0.25) is 5.91 Å². The number of benzene rings is 1. The van der Waals surface area contributed by atoms with Gasteiger partial charge in [0.15, 0.2) is 0 Å². The molecular formula is C14H16N2O3. The van der Waals surface area contributed by atoms with Crippen molar-refractivity contribution in [2.24, 2.45) is 0 Å². The summed E-state index contributed by atoms with van der Waals surface area (Å²) < 4.78 is 4.98. The summed E-state index contributed by atoms with van der Waals surface area (Å²) in [5, 5.41) is 3.06. The van der Waals surface area contributed by atoms with E-state index >= 15 is 0 Å². The lowest BCUT2D eigenvalue weighted by Crippen LogP contribution is -2.48. The van der Waals surface area contributed by atoms with E-state index in [9.17, 15) is 9.59 Å². The third-order valence-electron chi connectivity index (χ3n) is 3.61. The molecule has 2 heterocycles. The van der Waals surface area contributed by atoms with Gasteiger partial charge >= 0.3 is 5.97 Å². The molecule has 2 aliphatic heterocycles. The van der Waals surface area contributed by atoms with Crippen LogP contribution in [-0.4, -0.2) is 43.0 Å². The zero-order valence-corrected chi connectivity index (χ0v) is 10.6. The second kappa shape index (κ2) is 5.01. The van der Waals surface area contributed by atoms with Crippen molar-refractivity contribution in [3.63, 3.8) is 0 Å². The van der Waals surface area contributed by atoms with Crippen LogP contribution in [-0.2, 0) is 22.6 Å². The molecule has 100 valence electrons. The monoisotopic (exact) mass is 260 g/mol. The van der Waals surface area contributed by atoms with Gasteiger partial charge in [0.1, 0.15) is 6.61 Å². The number of hydrogen-bond acceptors (Lipinski definition) is 4. The molecule has 0 atom stereocenters. The Labute approximate surface area is 111 Å². The number of fused-ring (bicyclic) bond motifs is 1. The second-order valence-electron chi connectivity index (χ2n) is 4.88. The highest BCUT2D eigenvalue weighted by molar-refractivity contribution is 5.93. The molecule has 0 aliphatic carbocycles. The number of nitrogens with one attached hydrogen (secondary N) is 1. The summed E-state index contributed by atoms with van der Waals surface area (Å²) in [6.07, 6.45) is 0.813. The molecule has 0 bridgehead atoms. The summed E-state index contributed by atoms with van der Waals surface area (Å²) in [5.74, 6) is -0.0789. The van der Waals surface area contributed by atoms with Gasteiger partial charge in [-0.2, -0.15) is 0 Å². The molecule has 0 spiro atoms. The number of esters is 1. The van der Waals surface area contributed by atoms with Gasteiger partial charge in [-0.15, -0.1) is 0 Å². The smallest absolute Gasteiger partial charge is 0.338 e. The van der Waals surface area contributed by atoms with E-state index in [1.54, 1.807) is 0 Å². The van der Waals surface area contributed by atoms with Crippen LogP contribution in [0.4, 0.5) is 0 Å². The third kappa shape index (κ3) is 2.46. The van der Waals surface area contributed by atoms with Gasteiger partial charge in [-0.05, 0) is 18.1 Å². The fraction of sp³-hybridized carbons (Fsp3) is 0.429. The highest BCUT2D eigenvalue weighted by Crippen LogP contribution is 2.21. The predicted molar refractivity (Wildman–Crippen MR) is 68.7 cm³/mol. The molecule has 1 aromatic carbocycles. The van der Waals surface area contributed by atoms with Crippen molar-refractivity contribution in [3.05, 3.63) is 34.9 Å². The molecule has 0 unspecified atom stereocenters. The molecule has 19 heavy (non-hydrogen) atoms. The van der Waals surface area contributed by atoms with Crippen molar-refractivity contribution in [2.45, 2.75) is 13.0 Å². The van der Waals surface area contributed by atoms with E-state index in [4.69, 9.17) is 4.74 Å². The van der Waals surface area contributed by atoms with Gasteiger partial charge in [-0.3, -0.25) is 4.79 Å². The first kappa shape index (κ1) is 12.2. The van der Waals surface area contributed by atoms with Crippen LogP contribution < -0.4 is 5.32 Å². The second-order valence-corrected chi connectivity index (χ2v) is 4.88. The SMILES string of the molecule is O=C1OCc2cc(CCN3CCNCC3=O)ccc21. The fourth-order valence-electron chi connectivity index (χ4n) is 2.49. The molecule has 1 N–H and O–H groups in total. The van der Waals surface area contributed by atoms with Gasteiger partial charge in [0, 0.05) is 25.2 Å². The normalized spacial score (nSPS) is 18.4. The molecule has 1 saturated heterocycles.